The van der Waals surface area contributed by atoms with Gasteiger partial charge in [-0.25, -0.2) is 4.79 Å². The number of benzene rings is 2. The molecule has 0 radical (unpaired) electrons. The predicted molar refractivity (Wildman–Crippen MR) is 118 cm³/mol. The van der Waals surface area contributed by atoms with Gasteiger partial charge in [-0.2, -0.15) is 4.98 Å². The van der Waals surface area contributed by atoms with E-state index in [1.807, 2.05) is 38.1 Å². The van der Waals surface area contributed by atoms with Gasteiger partial charge in [0.2, 0.25) is 5.82 Å². The van der Waals surface area contributed by atoms with Crippen molar-refractivity contribution < 1.29 is 18.5 Å². The quantitative estimate of drug-likeness (QED) is 0.421. The zero-order valence-electron chi connectivity index (χ0n) is 17.8. The number of nitrogens with zero attached hydrogens (tertiary/aromatic N) is 2. The summed E-state index contributed by atoms with van der Waals surface area (Å²) in [5.74, 6) is 0.178. The molecule has 1 N–H and O–H groups in total. The van der Waals surface area contributed by atoms with Gasteiger partial charge >= 0.3 is 17.4 Å². The van der Waals surface area contributed by atoms with Crippen molar-refractivity contribution >= 4 is 16.9 Å². The number of nitrogens with one attached hydrogen (secondary N) is 1. The minimum atomic E-state index is -0.424. The smallest absolute Gasteiger partial charge is 0.336 e. The van der Waals surface area contributed by atoms with Crippen LogP contribution >= 0.6 is 0 Å². The molecular weight excluding hydrogens is 410 g/mol. The van der Waals surface area contributed by atoms with Gasteiger partial charge in [-0.3, -0.25) is 4.79 Å². The Balaban J connectivity index is 1.32. The Morgan fingerprint density at radius 3 is 2.78 bits per heavy atom. The van der Waals surface area contributed by atoms with Crippen molar-refractivity contribution in [3.63, 3.8) is 0 Å². The molecule has 4 rings (SSSR count). The lowest BCUT2D eigenvalue weighted by atomic mass is 10.1. The first-order valence-corrected chi connectivity index (χ1v) is 10.3. The number of aryl methyl sites for hydroxylation is 2. The topological polar surface area (TPSA) is 107 Å². The van der Waals surface area contributed by atoms with E-state index in [9.17, 15) is 9.59 Å². The maximum atomic E-state index is 12.4. The first kappa shape index (κ1) is 21.3. The third-order valence-electron chi connectivity index (χ3n) is 5.04. The summed E-state index contributed by atoms with van der Waals surface area (Å²) in [5, 5.41) is 7.50. The molecule has 0 saturated carbocycles. The summed E-state index contributed by atoms with van der Waals surface area (Å²) in [6.07, 6.45) is 1.65. The van der Waals surface area contributed by atoms with Crippen LogP contribution in [0.5, 0.6) is 5.75 Å². The Morgan fingerprint density at radius 1 is 1.16 bits per heavy atom. The van der Waals surface area contributed by atoms with E-state index in [2.05, 4.69) is 27.6 Å². The highest BCUT2D eigenvalue weighted by molar-refractivity contribution is 5.89. The summed E-state index contributed by atoms with van der Waals surface area (Å²) in [7, 11) is 0. The zero-order valence-corrected chi connectivity index (χ0v) is 17.8. The molecule has 0 bridgehead atoms. The van der Waals surface area contributed by atoms with Crippen LogP contribution < -0.4 is 15.7 Å². The Kier molecular flexibility index (Phi) is 6.30. The van der Waals surface area contributed by atoms with Gasteiger partial charge in [0.25, 0.3) is 0 Å². The minimum Gasteiger partial charge on any atom is -0.485 e. The van der Waals surface area contributed by atoms with Gasteiger partial charge < -0.3 is 19.0 Å². The van der Waals surface area contributed by atoms with Gasteiger partial charge in [0.1, 0.15) is 11.3 Å². The predicted octanol–water partition coefficient (Wildman–Crippen LogP) is 3.81. The first-order valence-electron chi connectivity index (χ1n) is 10.3. The maximum Gasteiger partial charge on any atom is 0.336 e. The van der Waals surface area contributed by atoms with E-state index in [0.717, 1.165) is 23.8 Å². The van der Waals surface area contributed by atoms with E-state index in [1.54, 1.807) is 12.1 Å². The summed E-state index contributed by atoms with van der Waals surface area (Å²) in [6, 6.07) is 16.7. The van der Waals surface area contributed by atoms with Crippen molar-refractivity contribution in [3.8, 4) is 5.75 Å². The molecule has 8 nitrogen and oxygen atoms in total. The van der Waals surface area contributed by atoms with Gasteiger partial charge in [-0.05, 0) is 49.9 Å². The molecule has 2 aromatic carbocycles. The number of hydrogen-bond donors (Lipinski definition) is 1. The molecule has 2 heterocycles. The lowest BCUT2D eigenvalue weighted by molar-refractivity contribution is 0.0894. The van der Waals surface area contributed by atoms with Gasteiger partial charge in [-0.15, -0.1) is 0 Å². The van der Waals surface area contributed by atoms with Crippen LogP contribution in [0.15, 0.2) is 68.3 Å². The molecule has 4 aromatic rings. The van der Waals surface area contributed by atoms with E-state index in [1.165, 1.54) is 11.6 Å². The second kappa shape index (κ2) is 9.47. The van der Waals surface area contributed by atoms with Gasteiger partial charge in [0.15, 0.2) is 6.61 Å². The minimum absolute atomic E-state index is 0.00188. The normalized spacial score (nSPS) is 11.9. The van der Waals surface area contributed by atoms with Crippen LogP contribution in [0.4, 0.5) is 0 Å². The summed E-state index contributed by atoms with van der Waals surface area (Å²) in [6.45, 7) is 3.77. The fourth-order valence-electron chi connectivity index (χ4n) is 3.33. The van der Waals surface area contributed by atoms with Crippen molar-refractivity contribution in [1.82, 2.24) is 15.5 Å². The van der Waals surface area contributed by atoms with E-state index in [-0.39, 0.29) is 24.4 Å². The Labute approximate surface area is 184 Å². The molecule has 32 heavy (non-hydrogen) atoms. The number of carbonyl (C=O) groups excluding carboxylic acids is 1. The summed E-state index contributed by atoms with van der Waals surface area (Å²) in [5.41, 5.74) is 2.06. The molecule has 0 aliphatic rings. The van der Waals surface area contributed by atoms with E-state index >= 15 is 0 Å². The van der Waals surface area contributed by atoms with Gasteiger partial charge in [0.05, 0.1) is 0 Å². The number of amides is 1. The Hall–Kier alpha value is -3.94. The van der Waals surface area contributed by atoms with Crippen molar-refractivity contribution in [1.29, 1.82) is 0 Å². The number of fused-ring (bicyclic) bond motifs is 1. The third-order valence-corrected chi connectivity index (χ3v) is 5.04. The molecule has 0 aliphatic carbocycles. The molecule has 1 atom stereocenters. The van der Waals surface area contributed by atoms with Crippen molar-refractivity contribution in [3.05, 3.63) is 87.9 Å². The molecule has 0 spiro atoms. The average molecular weight is 433 g/mol. The molecule has 0 aliphatic heterocycles. The zero-order chi connectivity index (χ0) is 22.5. The standard InChI is InChI=1S/C24H23N3O5/c1-15-12-22(28)31-20-13-18(10-11-19(15)20)30-14-21-26-24(32-27-21)23(29)25-16(2)8-9-17-6-4-3-5-7-17/h3-7,10-13,16H,8-9,14H2,1-2H3,(H,25,29)/t16-/m1/s1. The lowest BCUT2D eigenvalue weighted by Gasteiger charge is -2.12. The van der Waals surface area contributed by atoms with E-state index < -0.39 is 11.5 Å². The Bertz CT molecular complexity index is 1280. The highest BCUT2D eigenvalue weighted by atomic mass is 16.5. The SMILES string of the molecule is Cc1cc(=O)oc2cc(OCc3noc(C(=O)N[C@H](C)CCc4ccccc4)n3)ccc12. The average Bonchev–Trinajstić information content (AvgIpc) is 3.26. The molecule has 0 fully saturated rings. The molecule has 8 heteroatoms. The third kappa shape index (κ3) is 5.21. The Morgan fingerprint density at radius 2 is 1.97 bits per heavy atom. The molecule has 1 amide bonds. The van der Waals surface area contributed by atoms with Crippen LogP contribution in [0.25, 0.3) is 11.0 Å². The van der Waals surface area contributed by atoms with Gasteiger partial charge in [0, 0.05) is 23.6 Å². The number of carbonyl (C=O) groups is 1. The number of aromatic nitrogens is 2. The summed E-state index contributed by atoms with van der Waals surface area (Å²) < 4.78 is 15.9. The van der Waals surface area contributed by atoms with Crippen LogP contribution in [-0.2, 0) is 13.0 Å². The number of rotatable bonds is 8. The second-order valence-electron chi connectivity index (χ2n) is 7.61. The van der Waals surface area contributed by atoms with Crippen LogP contribution in [0, 0.1) is 6.92 Å². The van der Waals surface area contributed by atoms with E-state index in [4.69, 9.17) is 13.7 Å². The molecule has 0 saturated heterocycles. The fraction of sp³-hybridized carbons (Fsp3) is 0.250. The second-order valence-corrected chi connectivity index (χ2v) is 7.61. The van der Waals surface area contributed by atoms with Crippen LogP contribution in [0.2, 0.25) is 0 Å². The molecule has 2 aromatic heterocycles. The van der Waals surface area contributed by atoms with Gasteiger partial charge in [-0.1, -0.05) is 35.5 Å². The van der Waals surface area contributed by atoms with E-state index in [0.29, 0.717) is 11.3 Å². The highest BCUT2D eigenvalue weighted by Crippen LogP contribution is 2.22. The van der Waals surface area contributed by atoms with Crippen molar-refractivity contribution in [2.45, 2.75) is 39.3 Å². The molecule has 0 unspecified atom stereocenters. The van der Waals surface area contributed by atoms with Crippen LogP contribution in [0.3, 0.4) is 0 Å². The molecule has 164 valence electrons. The summed E-state index contributed by atoms with van der Waals surface area (Å²) in [4.78, 5) is 28.0. The molecular formula is C24H23N3O5. The maximum absolute atomic E-state index is 12.4. The van der Waals surface area contributed by atoms with Crippen LogP contribution in [-0.4, -0.2) is 22.1 Å². The number of ether oxygens (including phenoxy) is 1. The summed E-state index contributed by atoms with van der Waals surface area (Å²) >= 11 is 0. The first-order chi connectivity index (χ1) is 15.5. The highest BCUT2D eigenvalue weighted by Gasteiger charge is 2.17. The monoisotopic (exact) mass is 433 g/mol. The van der Waals surface area contributed by atoms with Crippen LogP contribution in [0.1, 0.15) is 41.0 Å². The largest absolute Gasteiger partial charge is 0.485 e. The fourth-order valence-corrected chi connectivity index (χ4v) is 3.33. The van der Waals surface area contributed by atoms with Crippen molar-refractivity contribution in [2.24, 2.45) is 0 Å². The lowest BCUT2D eigenvalue weighted by Crippen LogP contribution is -2.33. The number of hydrogen-bond acceptors (Lipinski definition) is 7. The van der Waals surface area contributed by atoms with Crippen molar-refractivity contribution in [2.75, 3.05) is 0 Å².